The van der Waals surface area contributed by atoms with Crippen molar-refractivity contribution in [1.82, 2.24) is 4.98 Å². The quantitative estimate of drug-likeness (QED) is 0.780. The van der Waals surface area contributed by atoms with E-state index >= 15 is 0 Å². The minimum absolute atomic E-state index is 1.10. The Morgan fingerprint density at radius 3 is 2.64 bits per heavy atom. The summed E-state index contributed by atoms with van der Waals surface area (Å²) in [6, 6.07) is 0. The highest BCUT2D eigenvalue weighted by atomic mass is 15.2. The van der Waals surface area contributed by atoms with Crippen LogP contribution in [0.2, 0.25) is 0 Å². The van der Waals surface area contributed by atoms with Crippen LogP contribution in [-0.2, 0) is 12.8 Å². The second kappa shape index (κ2) is 4.07. The summed E-state index contributed by atoms with van der Waals surface area (Å²) in [5, 5.41) is 0. The Labute approximate surface area is 86.3 Å². The zero-order valence-corrected chi connectivity index (χ0v) is 9.27. The summed E-state index contributed by atoms with van der Waals surface area (Å²) in [6.45, 7) is 6.64. The van der Waals surface area contributed by atoms with Crippen molar-refractivity contribution in [1.29, 1.82) is 0 Å². The molecule has 0 bridgehead atoms. The highest BCUT2D eigenvalue weighted by Crippen LogP contribution is 2.29. The van der Waals surface area contributed by atoms with Crippen LogP contribution < -0.4 is 4.90 Å². The minimum Gasteiger partial charge on any atom is -0.359 e. The predicted molar refractivity (Wildman–Crippen MR) is 61.0 cm³/mol. The first-order chi connectivity index (χ1) is 6.86. The van der Waals surface area contributed by atoms with E-state index in [2.05, 4.69) is 29.9 Å². The fraction of sp³-hybridized carbons (Fsp3) is 0.667. The minimum atomic E-state index is 1.10. The Hall–Kier alpha value is -0.920. The Morgan fingerprint density at radius 2 is 1.93 bits per heavy atom. The summed E-state index contributed by atoms with van der Waals surface area (Å²) in [7, 11) is 0. The SMILES string of the molecule is CCN(CC)c1[nH]cc2c1CCCC2. The normalized spacial score (nSPS) is 15.3. The molecule has 1 N–H and O–H groups in total. The Kier molecular flexibility index (Phi) is 2.80. The summed E-state index contributed by atoms with van der Waals surface area (Å²) in [5.74, 6) is 1.38. The number of fused-ring (bicyclic) bond motifs is 1. The van der Waals surface area contributed by atoms with Crippen LogP contribution in [0.15, 0.2) is 6.20 Å². The molecule has 1 heterocycles. The van der Waals surface area contributed by atoms with Gasteiger partial charge in [-0.05, 0) is 50.7 Å². The third kappa shape index (κ3) is 1.54. The molecule has 0 spiro atoms. The van der Waals surface area contributed by atoms with E-state index < -0.39 is 0 Å². The van der Waals surface area contributed by atoms with Crippen molar-refractivity contribution in [2.24, 2.45) is 0 Å². The molecule has 1 aromatic rings. The fourth-order valence-electron chi connectivity index (χ4n) is 2.42. The standard InChI is InChI=1S/C12H20N2/c1-3-14(4-2)12-11-8-6-5-7-10(11)9-13-12/h9,13H,3-8H2,1-2H3. The van der Waals surface area contributed by atoms with Gasteiger partial charge in [-0.1, -0.05) is 0 Å². The average molecular weight is 192 g/mol. The monoisotopic (exact) mass is 192 g/mol. The van der Waals surface area contributed by atoms with Gasteiger partial charge in [-0.15, -0.1) is 0 Å². The van der Waals surface area contributed by atoms with Crippen molar-refractivity contribution >= 4 is 5.82 Å². The topological polar surface area (TPSA) is 19.0 Å². The van der Waals surface area contributed by atoms with Crippen LogP contribution in [0.1, 0.15) is 37.8 Å². The van der Waals surface area contributed by atoms with E-state index in [-0.39, 0.29) is 0 Å². The number of rotatable bonds is 3. The first-order valence-corrected chi connectivity index (χ1v) is 5.80. The highest BCUT2D eigenvalue weighted by molar-refractivity contribution is 5.52. The second-order valence-electron chi connectivity index (χ2n) is 4.02. The molecular formula is C12H20N2. The van der Waals surface area contributed by atoms with E-state index in [4.69, 9.17) is 0 Å². The Morgan fingerprint density at radius 1 is 1.21 bits per heavy atom. The number of nitrogens with zero attached hydrogens (tertiary/aromatic N) is 1. The van der Waals surface area contributed by atoms with E-state index in [1.807, 2.05) is 0 Å². The number of aromatic amines is 1. The maximum Gasteiger partial charge on any atom is 0.109 e. The van der Waals surface area contributed by atoms with Crippen molar-refractivity contribution in [3.63, 3.8) is 0 Å². The van der Waals surface area contributed by atoms with Crippen LogP contribution in [0.5, 0.6) is 0 Å². The van der Waals surface area contributed by atoms with Crippen LogP contribution in [0.25, 0.3) is 0 Å². The van der Waals surface area contributed by atoms with E-state index in [1.54, 1.807) is 11.1 Å². The number of H-pyrrole nitrogens is 1. The molecule has 0 saturated carbocycles. The van der Waals surface area contributed by atoms with Gasteiger partial charge in [0.1, 0.15) is 5.82 Å². The Balaban J connectivity index is 2.29. The van der Waals surface area contributed by atoms with E-state index in [0.717, 1.165) is 13.1 Å². The number of hydrogen-bond donors (Lipinski definition) is 1. The Bertz CT molecular complexity index is 297. The lowest BCUT2D eigenvalue weighted by Crippen LogP contribution is -2.23. The molecule has 0 amide bonds. The van der Waals surface area contributed by atoms with Gasteiger partial charge >= 0.3 is 0 Å². The van der Waals surface area contributed by atoms with Gasteiger partial charge in [0.15, 0.2) is 0 Å². The molecule has 0 aliphatic heterocycles. The molecule has 0 saturated heterocycles. The summed E-state index contributed by atoms with van der Waals surface area (Å²) in [5.41, 5.74) is 3.14. The molecule has 0 radical (unpaired) electrons. The van der Waals surface area contributed by atoms with Gasteiger partial charge in [0.25, 0.3) is 0 Å². The van der Waals surface area contributed by atoms with Crippen molar-refractivity contribution in [3.05, 3.63) is 17.3 Å². The van der Waals surface area contributed by atoms with Gasteiger partial charge in [-0.3, -0.25) is 0 Å². The first-order valence-electron chi connectivity index (χ1n) is 5.80. The molecule has 0 atom stereocenters. The van der Waals surface area contributed by atoms with E-state index in [1.165, 1.54) is 31.5 Å². The van der Waals surface area contributed by atoms with Gasteiger partial charge in [-0.2, -0.15) is 0 Å². The maximum atomic E-state index is 3.44. The molecule has 2 rings (SSSR count). The average Bonchev–Trinajstić information content (AvgIpc) is 2.65. The molecule has 14 heavy (non-hydrogen) atoms. The molecule has 0 fully saturated rings. The van der Waals surface area contributed by atoms with Gasteiger partial charge in [-0.25, -0.2) is 0 Å². The van der Waals surface area contributed by atoms with Gasteiger partial charge in [0, 0.05) is 19.3 Å². The van der Waals surface area contributed by atoms with Gasteiger partial charge in [0.2, 0.25) is 0 Å². The largest absolute Gasteiger partial charge is 0.359 e. The van der Waals surface area contributed by atoms with Crippen LogP contribution in [-0.4, -0.2) is 18.1 Å². The molecule has 2 heteroatoms. The number of anilines is 1. The number of aromatic nitrogens is 1. The molecule has 78 valence electrons. The van der Waals surface area contributed by atoms with Crippen LogP contribution >= 0.6 is 0 Å². The summed E-state index contributed by atoms with van der Waals surface area (Å²) < 4.78 is 0. The number of hydrogen-bond acceptors (Lipinski definition) is 1. The van der Waals surface area contributed by atoms with Crippen molar-refractivity contribution in [2.75, 3.05) is 18.0 Å². The molecule has 0 unspecified atom stereocenters. The number of aryl methyl sites for hydroxylation is 1. The van der Waals surface area contributed by atoms with Crippen LogP contribution in [0.4, 0.5) is 5.82 Å². The lowest BCUT2D eigenvalue weighted by Gasteiger charge is -2.22. The van der Waals surface area contributed by atoms with Crippen molar-refractivity contribution < 1.29 is 0 Å². The third-order valence-corrected chi connectivity index (χ3v) is 3.26. The number of nitrogens with one attached hydrogen (secondary N) is 1. The molecule has 1 aliphatic rings. The lowest BCUT2D eigenvalue weighted by molar-refractivity contribution is 0.686. The first kappa shape index (κ1) is 9.63. The zero-order valence-electron chi connectivity index (χ0n) is 9.27. The fourth-order valence-corrected chi connectivity index (χ4v) is 2.42. The molecule has 1 aromatic heterocycles. The molecule has 0 aromatic carbocycles. The second-order valence-corrected chi connectivity index (χ2v) is 4.02. The van der Waals surface area contributed by atoms with Gasteiger partial charge in [0.05, 0.1) is 0 Å². The molecule has 1 aliphatic carbocycles. The summed E-state index contributed by atoms with van der Waals surface area (Å²) in [6.07, 6.45) is 7.47. The van der Waals surface area contributed by atoms with E-state index in [0.29, 0.717) is 0 Å². The summed E-state index contributed by atoms with van der Waals surface area (Å²) >= 11 is 0. The smallest absolute Gasteiger partial charge is 0.109 e. The maximum absolute atomic E-state index is 3.44. The van der Waals surface area contributed by atoms with Crippen LogP contribution in [0, 0.1) is 0 Å². The van der Waals surface area contributed by atoms with Crippen molar-refractivity contribution in [2.45, 2.75) is 39.5 Å². The third-order valence-electron chi connectivity index (χ3n) is 3.26. The van der Waals surface area contributed by atoms with E-state index in [9.17, 15) is 0 Å². The predicted octanol–water partition coefficient (Wildman–Crippen LogP) is 2.74. The van der Waals surface area contributed by atoms with Crippen molar-refractivity contribution in [3.8, 4) is 0 Å². The van der Waals surface area contributed by atoms with Gasteiger partial charge < -0.3 is 9.88 Å². The lowest BCUT2D eigenvalue weighted by atomic mass is 9.95. The highest BCUT2D eigenvalue weighted by Gasteiger charge is 2.17. The zero-order chi connectivity index (χ0) is 9.97. The molecule has 2 nitrogen and oxygen atoms in total. The summed E-state index contributed by atoms with van der Waals surface area (Å²) in [4.78, 5) is 5.86. The van der Waals surface area contributed by atoms with Crippen LogP contribution in [0.3, 0.4) is 0 Å². The molecular weight excluding hydrogens is 172 g/mol.